The first-order valence-corrected chi connectivity index (χ1v) is 9.25. The zero-order valence-electron chi connectivity index (χ0n) is 14.9. The Morgan fingerprint density at radius 3 is 2.58 bits per heavy atom. The van der Waals surface area contributed by atoms with Gasteiger partial charge in [0.2, 0.25) is 5.91 Å². The monoisotopic (exact) mass is 419 g/mol. The predicted molar refractivity (Wildman–Crippen MR) is 104 cm³/mol. The Bertz CT molecular complexity index is 789. The number of methoxy groups -OCH3 is 2. The lowest BCUT2D eigenvalue weighted by Gasteiger charge is -2.17. The van der Waals surface area contributed by atoms with Crippen LogP contribution in [0.15, 0.2) is 46.9 Å². The molecule has 1 amide bonds. The van der Waals surface area contributed by atoms with Gasteiger partial charge in [0.15, 0.2) is 11.5 Å². The van der Waals surface area contributed by atoms with Crippen LogP contribution < -0.4 is 14.8 Å². The second-order valence-electron chi connectivity index (χ2n) is 6.25. The van der Waals surface area contributed by atoms with Gasteiger partial charge in [-0.15, -0.1) is 0 Å². The summed E-state index contributed by atoms with van der Waals surface area (Å²) in [5.41, 5.74) is 1.28. The van der Waals surface area contributed by atoms with E-state index in [0.29, 0.717) is 30.4 Å². The molecule has 26 heavy (non-hydrogen) atoms. The minimum atomic E-state index is -0.444. The van der Waals surface area contributed by atoms with E-state index in [1.807, 2.05) is 30.3 Å². The van der Waals surface area contributed by atoms with Crippen LogP contribution in [0.1, 0.15) is 18.4 Å². The lowest BCUT2D eigenvalue weighted by Crippen LogP contribution is -2.27. The summed E-state index contributed by atoms with van der Waals surface area (Å²) >= 11 is 3.48. The molecule has 0 aromatic heterocycles. The highest BCUT2D eigenvalue weighted by Crippen LogP contribution is 2.49. The molecule has 1 fully saturated rings. The molecule has 2 aromatic carbocycles. The lowest BCUT2D eigenvalue weighted by molar-refractivity contribution is -0.118. The van der Waals surface area contributed by atoms with Crippen molar-refractivity contribution >= 4 is 27.5 Å². The molecule has 1 aliphatic rings. The van der Waals surface area contributed by atoms with E-state index in [-0.39, 0.29) is 5.91 Å². The van der Waals surface area contributed by atoms with Crippen molar-refractivity contribution in [3.8, 4) is 11.5 Å². The standard InChI is InChI=1S/C20H22BrNO4/c1-24-10-11-26-18-13-16(6-7-17(18)25-2)22-19(23)20(8-9-20)14-4-3-5-15(21)12-14/h3-7,12-13H,8-11H2,1-2H3,(H,22,23). The van der Waals surface area contributed by atoms with Gasteiger partial charge in [-0.1, -0.05) is 28.1 Å². The maximum Gasteiger partial charge on any atom is 0.235 e. The Kier molecular flexibility index (Phi) is 5.84. The van der Waals surface area contributed by atoms with Gasteiger partial charge in [-0.05, 0) is 42.7 Å². The van der Waals surface area contributed by atoms with Crippen LogP contribution in [-0.2, 0) is 14.9 Å². The Morgan fingerprint density at radius 2 is 1.92 bits per heavy atom. The number of ether oxygens (including phenoxy) is 3. The largest absolute Gasteiger partial charge is 0.493 e. The summed E-state index contributed by atoms with van der Waals surface area (Å²) < 4.78 is 17.0. The van der Waals surface area contributed by atoms with Gasteiger partial charge in [-0.2, -0.15) is 0 Å². The Labute approximate surface area is 161 Å². The Morgan fingerprint density at radius 1 is 1.12 bits per heavy atom. The van der Waals surface area contributed by atoms with Gasteiger partial charge < -0.3 is 19.5 Å². The molecule has 138 valence electrons. The molecule has 0 atom stereocenters. The number of hydrogen-bond acceptors (Lipinski definition) is 4. The number of amides is 1. The minimum absolute atomic E-state index is 0.00334. The van der Waals surface area contributed by atoms with Crippen molar-refractivity contribution in [2.45, 2.75) is 18.3 Å². The maximum absolute atomic E-state index is 12.9. The highest BCUT2D eigenvalue weighted by molar-refractivity contribution is 9.10. The first kappa shape index (κ1) is 18.7. The molecule has 2 aromatic rings. The zero-order valence-corrected chi connectivity index (χ0v) is 16.5. The third-order valence-electron chi connectivity index (χ3n) is 4.53. The van der Waals surface area contributed by atoms with Crippen molar-refractivity contribution < 1.29 is 19.0 Å². The molecular formula is C20H22BrNO4. The minimum Gasteiger partial charge on any atom is -0.493 e. The van der Waals surface area contributed by atoms with Crippen LogP contribution in [0.2, 0.25) is 0 Å². The second kappa shape index (κ2) is 8.10. The average Bonchev–Trinajstić information content (AvgIpc) is 3.44. The Hall–Kier alpha value is -2.05. The van der Waals surface area contributed by atoms with E-state index < -0.39 is 5.41 Å². The number of nitrogens with one attached hydrogen (secondary N) is 1. The average molecular weight is 420 g/mol. The van der Waals surface area contributed by atoms with E-state index in [1.165, 1.54) is 0 Å². The molecule has 0 saturated heterocycles. The SMILES string of the molecule is COCCOc1cc(NC(=O)C2(c3cccc(Br)c3)CC2)ccc1OC. The molecular weight excluding hydrogens is 398 g/mol. The van der Waals surface area contributed by atoms with Gasteiger partial charge in [0.1, 0.15) is 6.61 Å². The van der Waals surface area contributed by atoms with Crippen molar-refractivity contribution in [2.75, 3.05) is 32.8 Å². The summed E-state index contributed by atoms with van der Waals surface area (Å²) in [6.45, 7) is 0.887. The summed E-state index contributed by atoms with van der Waals surface area (Å²) in [7, 11) is 3.21. The van der Waals surface area contributed by atoms with Gasteiger partial charge >= 0.3 is 0 Å². The number of benzene rings is 2. The number of hydrogen-bond donors (Lipinski definition) is 1. The summed E-state index contributed by atoms with van der Waals surface area (Å²) in [5, 5.41) is 3.02. The second-order valence-corrected chi connectivity index (χ2v) is 7.17. The van der Waals surface area contributed by atoms with Crippen molar-refractivity contribution in [3.63, 3.8) is 0 Å². The van der Waals surface area contributed by atoms with E-state index >= 15 is 0 Å². The van der Waals surface area contributed by atoms with Crippen molar-refractivity contribution in [1.82, 2.24) is 0 Å². The molecule has 5 nitrogen and oxygen atoms in total. The Balaban J connectivity index is 1.76. The predicted octanol–water partition coefficient (Wildman–Crippen LogP) is 4.15. The highest BCUT2D eigenvalue weighted by atomic mass is 79.9. The summed E-state index contributed by atoms with van der Waals surface area (Å²) in [6.07, 6.45) is 1.70. The summed E-state index contributed by atoms with van der Waals surface area (Å²) in [6, 6.07) is 13.3. The number of carbonyl (C=O) groups excluding carboxylic acids is 1. The topological polar surface area (TPSA) is 56.8 Å². The van der Waals surface area contributed by atoms with Gasteiger partial charge in [0.05, 0.1) is 19.1 Å². The first-order chi connectivity index (χ1) is 12.6. The molecule has 0 unspecified atom stereocenters. The number of anilines is 1. The molecule has 0 heterocycles. The molecule has 1 saturated carbocycles. The molecule has 1 N–H and O–H groups in total. The van der Waals surface area contributed by atoms with Crippen molar-refractivity contribution in [1.29, 1.82) is 0 Å². The molecule has 0 spiro atoms. The van der Waals surface area contributed by atoms with Gasteiger partial charge in [0.25, 0.3) is 0 Å². The smallest absolute Gasteiger partial charge is 0.235 e. The molecule has 0 radical (unpaired) electrons. The number of carbonyl (C=O) groups is 1. The highest BCUT2D eigenvalue weighted by Gasteiger charge is 2.51. The van der Waals surface area contributed by atoms with Crippen molar-refractivity contribution in [3.05, 3.63) is 52.5 Å². The van der Waals surface area contributed by atoms with E-state index in [4.69, 9.17) is 14.2 Å². The van der Waals surface area contributed by atoms with E-state index in [2.05, 4.69) is 21.2 Å². The number of rotatable bonds is 8. The van der Waals surface area contributed by atoms with Crippen molar-refractivity contribution in [2.24, 2.45) is 0 Å². The molecule has 6 heteroatoms. The zero-order chi connectivity index (χ0) is 18.6. The molecule has 0 bridgehead atoms. The first-order valence-electron chi connectivity index (χ1n) is 8.46. The summed E-state index contributed by atoms with van der Waals surface area (Å²) in [5.74, 6) is 1.20. The molecule has 1 aliphatic carbocycles. The van der Waals surface area contributed by atoms with E-state index in [9.17, 15) is 4.79 Å². The van der Waals surface area contributed by atoms with Crippen LogP contribution in [0.4, 0.5) is 5.69 Å². The van der Waals surface area contributed by atoms with Crippen LogP contribution >= 0.6 is 15.9 Å². The fraction of sp³-hybridized carbons (Fsp3) is 0.350. The van der Waals surface area contributed by atoms with Crippen LogP contribution in [0.25, 0.3) is 0 Å². The van der Waals surface area contributed by atoms with Crippen LogP contribution in [0.3, 0.4) is 0 Å². The molecule has 0 aliphatic heterocycles. The van der Waals surface area contributed by atoms with Crippen LogP contribution in [0.5, 0.6) is 11.5 Å². The van der Waals surface area contributed by atoms with E-state index in [1.54, 1.807) is 26.4 Å². The quantitative estimate of drug-likeness (QED) is 0.652. The van der Waals surface area contributed by atoms with Gasteiger partial charge in [-0.25, -0.2) is 0 Å². The molecule has 3 rings (SSSR count). The third kappa shape index (κ3) is 4.02. The number of halogens is 1. The summed E-state index contributed by atoms with van der Waals surface area (Å²) in [4.78, 5) is 12.9. The third-order valence-corrected chi connectivity index (χ3v) is 5.02. The fourth-order valence-electron chi connectivity index (χ4n) is 2.91. The maximum atomic E-state index is 12.9. The van der Waals surface area contributed by atoms with Gasteiger partial charge in [0, 0.05) is 23.3 Å². The van der Waals surface area contributed by atoms with Crippen LogP contribution in [0, 0.1) is 0 Å². The lowest BCUT2D eigenvalue weighted by atomic mass is 9.95. The fourth-order valence-corrected chi connectivity index (χ4v) is 3.31. The van der Waals surface area contributed by atoms with E-state index in [0.717, 1.165) is 22.9 Å². The van der Waals surface area contributed by atoms with Crippen LogP contribution in [-0.4, -0.2) is 33.3 Å². The normalized spacial score (nSPS) is 14.6. The van der Waals surface area contributed by atoms with Gasteiger partial charge in [-0.3, -0.25) is 4.79 Å².